The molecule has 0 bridgehead atoms. The molecule has 0 saturated carbocycles. The van der Waals surface area contributed by atoms with E-state index in [2.05, 4.69) is 5.10 Å². The molecule has 1 unspecified atom stereocenters. The number of carbonyl (C=O) groups is 2. The van der Waals surface area contributed by atoms with E-state index in [1.165, 1.54) is 36.2 Å². The van der Waals surface area contributed by atoms with Crippen LogP contribution in [0.15, 0.2) is 34.3 Å². The summed E-state index contributed by atoms with van der Waals surface area (Å²) in [5.74, 6) is -0.527. The highest BCUT2D eigenvalue weighted by atomic mass is 32.2. The highest BCUT2D eigenvalue weighted by Gasteiger charge is 2.54. The van der Waals surface area contributed by atoms with Crippen LogP contribution in [-0.2, 0) is 19.4 Å². The minimum atomic E-state index is -3.43. The van der Waals surface area contributed by atoms with Crippen molar-refractivity contribution in [3.8, 4) is 0 Å². The van der Waals surface area contributed by atoms with Gasteiger partial charge in [0, 0.05) is 31.6 Å². The highest BCUT2D eigenvalue weighted by Crippen LogP contribution is 2.31. The summed E-state index contributed by atoms with van der Waals surface area (Å²) in [6.45, 7) is 2.70. The van der Waals surface area contributed by atoms with Gasteiger partial charge in [-0.1, -0.05) is 12.1 Å². The Morgan fingerprint density at radius 2 is 1.90 bits per heavy atom. The standard InChI is InChI=1S/C18H23N3O7S/c1-18(21(25)17(23)24)15(13-3-5-14(6-4-13)29(2,26)27)19-20(16(18)22)11-12-7-9-28-10-8-12/h3-6,12,25H,7-11H2,1-2H3,(H,23,24). The van der Waals surface area contributed by atoms with Gasteiger partial charge in [0.2, 0.25) is 0 Å². The van der Waals surface area contributed by atoms with E-state index in [9.17, 15) is 28.3 Å². The van der Waals surface area contributed by atoms with Gasteiger partial charge in [-0.25, -0.2) is 18.2 Å². The molecule has 0 aromatic heterocycles. The van der Waals surface area contributed by atoms with Crippen molar-refractivity contribution in [3.05, 3.63) is 29.8 Å². The Bertz CT molecular complexity index is 939. The molecule has 29 heavy (non-hydrogen) atoms. The number of hydrogen-bond donors (Lipinski definition) is 2. The first-order chi connectivity index (χ1) is 13.5. The summed E-state index contributed by atoms with van der Waals surface area (Å²) in [4.78, 5) is 24.6. The van der Waals surface area contributed by atoms with Gasteiger partial charge in [0.1, 0.15) is 5.71 Å². The van der Waals surface area contributed by atoms with Crippen LogP contribution in [0.25, 0.3) is 0 Å². The molecule has 0 radical (unpaired) electrons. The third-order valence-corrected chi connectivity index (χ3v) is 6.39. The maximum Gasteiger partial charge on any atom is 0.432 e. The van der Waals surface area contributed by atoms with Crippen molar-refractivity contribution >= 4 is 27.5 Å². The molecule has 2 amide bonds. The summed E-state index contributed by atoms with van der Waals surface area (Å²) in [5, 5.41) is 24.9. The summed E-state index contributed by atoms with van der Waals surface area (Å²) < 4.78 is 28.7. The van der Waals surface area contributed by atoms with Gasteiger partial charge in [-0.05, 0) is 37.8 Å². The molecular weight excluding hydrogens is 402 g/mol. The molecular formula is C18H23N3O7S. The van der Waals surface area contributed by atoms with Gasteiger partial charge in [0.05, 0.1) is 4.90 Å². The van der Waals surface area contributed by atoms with Crippen LogP contribution in [0.1, 0.15) is 25.3 Å². The van der Waals surface area contributed by atoms with Crippen LogP contribution in [0.2, 0.25) is 0 Å². The second-order valence-corrected chi connectivity index (χ2v) is 9.37. The summed E-state index contributed by atoms with van der Waals surface area (Å²) in [7, 11) is -3.43. The van der Waals surface area contributed by atoms with Gasteiger partial charge in [-0.3, -0.25) is 10.0 Å². The number of carboxylic acid groups (broad SMARTS) is 1. The Labute approximate surface area is 168 Å². The number of carbonyl (C=O) groups excluding carboxylic acids is 1. The zero-order valence-corrected chi connectivity index (χ0v) is 16.9. The van der Waals surface area contributed by atoms with Crippen LogP contribution in [0.5, 0.6) is 0 Å². The second-order valence-electron chi connectivity index (χ2n) is 7.35. The van der Waals surface area contributed by atoms with E-state index in [-0.39, 0.29) is 28.1 Å². The van der Waals surface area contributed by atoms with Crippen molar-refractivity contribution in [3.63, 3.8) is 0 Å². The monoisotopic (exact) mass is 425 g/mol. The number of hydroxylamine groups is 2. The normalized spacial score (nSPS) is 23.2. The number of amides is 2. The van der Waals surface area contributed by atoms with Crippen LogP contribution in [0.4, 0.5) is 4.79 Å². The lowest BCUT2D eigenvalue weighted by Gasteiger charge is -2.31. The number of benzene rings is 1. The fourth-order valence-corrected chi connectivity index (χ4v) is 4.12. The van der Waals surface area contributed by atoms with Crippen molar-refractivity contribution in [1.82, 2.24) is 10.1 Å². The Morgan fingerprint density at radius 1 is 1.31 bits per heavy atom. The van der Waals surface area contributed by atoms with Gasteiger partial charge in [-0.2, -0.15) is 10.2 Å². The maximum atomic E-state index is 13.1. The van der Waals surface area contributed by atoms with Gasteiger partial charge < -0.3 is 9.84 Å². The highest BCUT2D eigenvalue weighted by molar-refractivity contribution is 7.90. The Hall–Kier alpha value is -2.50. The van der Waals surface area contributed by atoms with Crippen molar-refractivity contribution in [2.24, 2.45) is 11.0 Å². The van der Waals surface area contributed by atoms with Crippen molar-refractivity contribution in [1.29, 1.82) is 0 Å². The molecule has 2 N–H and O–H groups in total. The smallest absolute Gasteiger partial charge is 0.432 e. The lowest BCUT2D eigenvalue weighted by atomic mass is 9.89. The van der Waals surface area contributed by atoms with E-state index >= 15 is 0 Å². The maximum absolute atomic E-state index is 13.1. The largest absolute Gasteiger partial charge is 0.463 e. The molecule has 1 aromatic rings. The molecule has 2 aliphatic rings. The Kier molecular flexibility index (Phi) is 5.65. The number of nitrogens with zero attached hydrogens (tertiary/aromatic N) is 3. The topological polar surface area (TPSA) is 137 Å². The number of hydrogen-bond acceptors (Lipinski definition) is 7. The molecule has 0 spiro atoms. The van der Waals surface area contributed by atoms with Gasteiger partial charge >= 0.3 is 6.09 Å². The first-order valence-corrected chi connectivity index (χ1v) is 11.0. The van der Waals surface area contributed by atoms with Crippen LogP contribution in [0, 0.1) is 5.92 Å². The molecule has 1 saturated heterocycles. The van der Waals surface area contributed by atoms with E-state index in [0.29, 0.717) is 18.8 Å². The molecule has 3 rings (SSSR count). The molecule has 1 atom stereocenters. The molecule has 1 aromatic carbocycles. The molecule has 2 aliphatic heterocycles. The summed E-state index contributed by atoms with van der Waals surface area (Å²) in [6, 6.07) is 5.58. The lowest BCUT2D eigenvalue weighted by molar-refractivity contribution is -0.157. The van der Waals surface area contributed by atoms with Gasteiger partial charge in [-0.15, -0.1) is 0 Å². The average Bonchev–Trinajstić information content (AvgIpc) is 2.93. The fraction of sp³-hybridized carbons (Fsp3) is 0.500. The quantitative estimate of drug-likeness (QED) is 0.534. The Morgan fingerprint density at radius 3 is 2.41 bits per heavy atom. The van der Waals surface area contributed by atoms with Crippen LogP contribution >= 0.6 is 0 Å². The molecule has 11 heteroatoms. The van der Waals surface area contributed by atoms with Gasteiger partial charge in [0.15, 0.2) is 15.4 Å². The van der Waals surface area contributed by atoms with E-state index in [1.807, 2.05) is 0 Å². The zero-order chi connectivity index (χ0) is 21.4. The first-order valence-electron chi connectivity index (χ1n) is 9.06. The second kappa shape index (κ2) is 7.73. The molecule has 10 nitrogen and oxygen atoms in total. The van der Waals surface area contributed by atoms with E-state index < -0.39 is 27.4 Å². The minimum absolute atomic E-state index is 0.0273. The minimum Gasteiger partial charge on any atom is -0.463 e. The predicted molar refractivity (Wildman–Crippen MR) is 101 cm³/mol. The van der Waals surface area contributed by atoms with E-state index in [0.717, 1.165) is 19.1 Å². The molecule has 158 valence electrons. The van der Waals surface area contributed by atoms with Crippen LogP contribution in [0.3, 0.4) is 0 Å². The summed E-state index contributed by atoms with van der Waals surface area (Å²) in [5.41, 5.74) is -1.59. The van der Waals surface area contributed by atoms with Crippen molar-refractivity contribution in [2.45, 2.75) is 30.2 Å². The molecule has 0 aliphatic carbocycles. The van der Waals surface area contributed by atoms with Crippen molar-refractivity contribution in [2.75, 3.05) is 26.0 Å². The SMILES string of the molecule is CC1(N(O)C(=O)O)C(=O)N(CC2CCOCC2)N=C1c1ccc(S(C)(=O)=O)cc1. The Balaban J connectivity index is 1.99. The first kappa shape index (κ1) is 21.2. The van der Waals surface area contributed by atoms with E-state index in [4.69, 9.17) is 4.74 Å². The number of ether oxygens (including phenoxy) is 1. The fourth-order valence-electron chi connectivity index (χ4n) is 3.49. The van der Waals surface area contributed by atoms with Crippen LogP contribution in [-0.4, -0.2) is 78.1 Å². The third kappa shape index (κ3) is 3.98. The number of sulfone groups is 1. The predicted octanol–water partition coefficient (Wildman–Crippen LogP) is 1.19. The van der Waals surface area contributed by atoms with E-state index in [1.54, 1.807) is 0 Å². The third-order valence-electron chi connectivity index (χ3n) is 5.27. The summed E-state index contributed by atoms with van der Waals surface area (Å²) >= 11 is 0. The number of rotatable bonds is 5. The lowest BCUT2D eigenvalue weighted by Crippen LogP contribution is -2.58. The number of hydrazone groups is 1. The molecule has 2 heterocycles. The average molecular weight is 425 g/mol. The summed E-state index contributed by atoms with van der Waals surface area (Å²) in [6.07, 6.45) is 0.860. The van der Waals surface area contributed by atoms with Gasteiger partial charge in [0.25, 0.3) is 5.91 Å². The van der Waals surface area contributed by atoms with Crippen molar-refractivity contribution < 1.29 is 33.1 Å². The van der Waals surface area contributed by atoms with Crippen LogP contribution < -0.4 is 0 Å². The molecule has 1 fully saturated rings. The zero-order valence-electron chi connectivity index (χ0n) is 16.1.